The normalized spacial score (nSPS) is 15.0. The van der Waals surface area contributed by atoms with Crippen LogP contribution in [-0.2, 0) is 20.1 Å². The van der Waals surface area contributed by atoms with Gasteiger partial charge in [0, 0.05) is 46.3 Å². The number of piperazine rings is 1. The predicted molar refractivity (Wildman–Crippen MR) is 124 cm³/mol. The first-order valence-corrected chi connectivity index (χ1v) is 11.4. The molecular formula is C23H31FN6O2. The molecule has 0 amide bonds. The summed E-state index contributed by atoms with van der Waals surface area (Å²) in [5.74, 6) is 0.533. The minimum atomic E-state index is -0.450. The van der Waals surface area contributed by atoms with Crippen molar-refractivity contribution in [3.05, 3.63) is 56.5 Å². The van der Waals surface area contributed by atoms with Crippen LogP contribution in [-0.4, -0.2) is 50.2 Å². The van der Waals surface area contributed by atoms with Crippen molar-refractivity contribution in [1.29, 1.82) is 0 Å². The van der Waals surface area contributed by atoms with E-state index in [0.717, 1.165) is 69.9 Å². The fourth-order valence-corrected chi connectivity index (χ4v) is 4.33. The van der Waals surface area contributed by atoms with Gasteiger partial charge in [-0.1, -0.05) is 38.3 Å². The van der Waals surface area contributed by atoms with Crippen LogP contribution in [0.3, 0.4) is 0 Å². The summed E-state index contributed by atoms with van der Waals surface area (Å²) >= 11 is 0. The molecule has 172 valence electrons. The second-order valence-electron chi connectivity index (χ2n) is 8.50. The summed E-state index contributed by atoms with van der Waals surface area (Å²) in [7, 11) is 1.64. The molecule has 32 heavy (non-hydrogen) atoms. The quantitative estimate of drug-likeness (QED) is 0.542. The number of halogens is 1. The van der Waals surface area contributed by atoms with E-state index in [2.05, 4.69) is 21.7 Å². The number of aromatic nitrogens is 4. The lowest BCUT2D eigenvalue weighted by molar-refractivity contribution is 0.248. The molecule has 0 saturated carbocycles. The maximum atomic E-state index is 13.2. The average molecular weight is 443 g/mol. The standard InChI is InChI=1S/C23H31FN6O2/c1-3-4-5-6-11-30-19-20(27(2)23(32)26-21(19)31)25-22(30)29-14-12-28(13-15-29)16-17-7-9-18(24)10-8-17/h7-10H,3-6,11-16H2,1-2H3,(H,26,31,32). The van der Waals surface area contributed by atoms with Gasteiger partial charge in [0.05, 0.1) is 0 Å². The number of hydrogen-bond donors (Lipinski definition) is 1. The van der Waals surface area contributed by atoms with Crippen molar-refractivity contribution >= 4 is 17.1 Å². The SMILES string of the molecule is CCCCCCn1c(N2CCN(Cc3ccc(F)cc3)CC2)nc2c1c(=O)[nH]c(=O)n2C. The van der Waals surface area contributed by atoms with Gasteiger partial charge in [0.2, 0.25) is 5.95 Å². The van der Waals surface area contributed by atoms with Gasteiger partial charge in [-0.25, -0.2) is 9.18 Å². The van der Waals surface area contributed by atoms with Crippen LogP contribution < -0.4 is 16.1 Å². The van der Waals surface area contributed by atoms with Crippen molar-refractivity contribution < 1.29 is 4.39 Å². The maximum absolute atomic E-state index is 13.2. The van der Waals surface area contributed by atoms with E-state index in [1.165, 1.54) is 16.7 Å². The van der Waals surface area contributed by atoms with Crippen molar-refractivity contribution in [2.45, 2.75) is 45.7 Å². The molecule has 3 aromatic rings. The maximum Gasteiger partial charge on any atom is 0.329 e. The number of nitrogens with zero attached hydrogens (tertiary/aromatic N) is 5. The molecule has 0 aliphatic carbocycles. The van der Waals surface area contributed by atoms with E-state index in [4.69, 9.17) is 4.98 Å². The minimum absolute atomic E-state index is 0.221. The summed E-state index contributed by atoms with van der Waals surface area (Å²) in [5.41, 5.74) is 1.15. The minimum Gasteiger partial charge on any atom is -0.340 e. The number of fused-ring (bicyclic) bond motifs is 1. The number of nitrogens with one attached hydrogen (secondary N) is 1. The van der Waals surface area contributed by atoms with Crippen LogP contribution in [0.15, 0.2) is 33.9 Å². The zero-order valence-corrected chi connectivity index (χ0v) is 18.8. The number of unbranched alkanes of at least 4 members (excludes halogenated alkanes) is 3. The van der Waals surface area contributed by atoms with Crippen LogP contribution in [0.1, 0.15) is 38.2 Å². The summed E-state index contributed by atoms with van der Waals surface area (Å²) in [6, 6.07) is 6.64. The highest BCUT2D eigenvalue weighted by Crippen LogP contribution is 2.22. The van der Waals surface area contributed by atoms with E-state index in [-0.39, 0.29) is 11.4 Å². The highest BCUT2D eigenvalue weighted by Gasteiger charge is 2.24. The van der Waals surface area contributed by atoms with Gasteiger partial charge in [-0.15, -0.1) is 0 Å². The van der Waals surface area contributed by atoms with E-state index in [1.807, 2.05) is 16.7 Å². The summed E-state index contributed by atoms with van der Waals surface area (Å²) in [6.07, 6.45) is 4.34. The average Bonchev–Trinajstić information content (AvgIpc) is 3.17. The lowest BCUT2D eigenvalue weighted by Crippen LogP contribution is -2.46. The first-order chi connectivity index (χ1) is 15.5. The highest BCUT2D eigenvalue weighted by atomic mass is 19.1. The fourth-order valence-electron chi connectivity index (χ4n) is 4.33. The monoisotopic (exact) mass is 442 g/mol. The van der Waals surface area contributed by atoms with Gasteiger partial charge < -0.3 is 9.47 Å². The van der Waals surface area contributed by atoms with Crippen molar-refractivity contribution in [2.24, 2.45) is 7.05 Å². The van der Waals surface area contributed by atoms with E-state index < -0.39 is 5.69 Å². The molecule has 1 aromatic carbocycles. The number of benzene rings is 1. The van der Waals surface area contributed by atoms with Crippen molar-refractivity contribution in [3.8, 4) is 0 Å². The highest BCUT2D eigenvalue weighted by molar-refractivity contribution is 5.74. The van der Waals surface area contributed by atoms with Crippen molar-refractivity contribution in [3.63, 3.8) is 0 Å². The zero-order valence-electron chi connectivity index (χ0n) is 18.8. The van der Waals surface area contributed by atoms with E-state index in [9.17, 15) is 14.0 Å². The first-order valence-electron chi connectivity index (χ1n) is 11.4. The van der Waals surface area contributed by atoms with Gasteiger partial charge in [0.25, 0.3) is 5.56 Å². The predicted octanol–water partition coefficient (Wildman–Crippen LogP) is 2.46. The Hall–Kier alpha value is -2.94. The number of imidazole rings is 1. The molecule has 0 unspecified atom stereocenters. The Morgan fingerprint density at radius 3 is 2.44 bits per heavy atom. The molecule has 4 rings (SSSR count). The molecule has 8 nitrogen and oxygen atoms in total. The smallest absolute Gasteiger partial charge is 0.329 e. The summed E-state index contributed by atoms with van der Waals surface area (Å²) in [4.78, 5) is 36.5. The molecule has 3 heterocycles. The molecule has 0 bridgehead atoms. The number of H-pyrrole nitrogens is 1. The molecule has 1 fully saturated rings. The van der Waals surface area contributed by atoms with Gasteiger partial charge in [0.15, 0.2) is 11.2 Å². The van der Waals surface area contributed by atoms with Gasteiger partial charge >= 0.3 is 5.69 Å². The third-order valence-corrected chi connectivity index (χ3v) is 6.20. The van der Waals surface area contributed by atoms with Crippen LogP contribution in [0.4, 0.5) is 10.3 Å². The Morgan fingerprint density at radius 1 is 1.03 bits per heavy atom. The van der Waals surface area contributed by atoms with E-state index in [1.54, 1.807) is 7.05 Å². The molecule has 1 aliphatic heterocycles. The number of aromatic amines is 1. The first kappa shape index (κ1) is 22.3. The fraction of sp³-hybridized carbons (Fsp3) is 0.522. The van der Waals surface area contributed by atoms with Crippen LogP contribution in [0.25, 0.3) is 11.2 Å². The second-order valence-corrected chi connectivity index (χ2v) is 8.50. The number of rotatable bonds is 8. The van der Waals surface area contributed by atoms with Crippen molar-refractivity contribution in [1.82, 2.24) is 24.0 Å². The molecule has 1 N–H and O–H groups in total. The molecule has 0 atom stereocenters. The van der Waals surface area contributed by atoms with Gasteiger partial charge in [-0.3, -0.25) is 19.2 Å². The zero-order chi connectivity index (χ0) is 22.7. The van der Waals surface area contributed by atoms with Crippen LogP contribution >= 0.6 is 0 Å². The lowest BCUT2D eigenvalue weighted by Gasteiger charge is -2.35. The lowest BCUT2D eigenvalue weighted by atomic mass is 10.2. The molecule has 9 heteroatoms. The molecule has 0 spiro atoms. The molecular weight excluding hydrogens is 411 g/mol. The van der Waals surface area contributed by atoms with Crippen LogP contribution in [0.5, 0.6) is 0 Å². The number of anilines is 1. The van der Waals surface area contributed by atoms with Gasteiger partial charge in [-0.2, -0.15) is 4.98 Å². The van der Waals surface area contributed by atoms with Crippen molar-refractivity contribution in [2.75, 3.05) is 31.1 Å². The van der Waals surface area contributed by atoms with Crippen LogP contribution in [0, 0.1) is 5.82 Å². The van der Waals surface area contributed by atoms with Gasteiger partial charge in [0.1, 0.15) is 5.82 Å². The second kappa shape index (κ2) is 9.68. The Labute approximate surface area is 186 Å². The summed E-state index contributed by atoms with van der Waals surface area (Å²) < 4.78 is 16.6. The summed E-state index contributed by atoms with van der Waals surface area (Å²) in [5, 5.41) is 0. The van der Waals surface area contributed by atoms with E-state index in [0.29, 0.717) is 17.7 Å². The number of hydrogen-bond acceptors (Lipinski definition) is 5. The van der Waals surface area contributed by atoms with Gasteiger partial charge in [-0.05, 0) is 24.1 Å². The Bertz CT molecular complexity index is 1170. The summed E-state index contributed by atoms with van der Waals surface area (Å²) in [6.45, 7) is 6.86. The third-order valence-electron chi connectivity index (χ3n) is 6.20. The molecule has 0 radical (unpaired) electrons. The third kappa shape index (κ3) is 4.62. The molecule has 1 aliphatic rings. The number of aryl methyl sites for hydroxylation is 2. The van der Waals surface area contributed by atoms with E-state index >= 15 is 0 Å². The Morgan fingerprint density at radius 2 is 1.75 bits per heavy atom. The molecule has 1 saturated heterocycles. The molecule has 2 aromatic heterocycles. The largest absolute Gasteiger partial charge is 0.340 e. The Balaban J connectivity index is 1.56. The topological polar surface area (TPSA) is 79.2 Å². The van der Waals surface area contributed by atoms with Crippen LogP contribution in [0.2, 0.25) is 0 Å². The Kier molecular flexibility index (Phi) is 6.74.